The highest BCUT2D eigenvalue weighted by molar-refractivity contribution is 7.14. The van der Waals surface area contributed by atoms with Gasteiger partial charge in [-0.05, 0) is 23.9 Å². The predicted molar refractivity (Wildman–Crippen MR) is 53.0 cm³/mol. The van der Waals surface area contributed by atoms with E-state index in [4.69, 9.17) is 11.6 Å². The summed E-state index contributed by atoms with van der Waals surface area (Å²) in [6.07, 6.45) is 0. The lowest BCUT2D eigenvalue weighted by Gasteiger charge is -1.91. The molecule has 2 rings (SSSR count). The minimum atomic E-state index is 0.505. The summed E-state index contributed by atoms with van der Waals surface area (Å²) in [6, 6.07) is 2.05. The largest absolute Gasteiger partial charge is 0.171 e. The van der Waals surface area contributed by atoms with E-state index < -0.39 is 0 Å². The van der Waals surface area contributed by atoms with Crippen molar-refractivity contribution >= 4 is 34.7 Å². The van der Waals surface area contributed by atoms with Gasteiger partial charge in [-0.25, -0.2) is 0 Å². The first-order chi connectivity index (χ1) is 5.79. The molecule has 0 saturated heterocycles. The monoisotopic (exact) mass is 216 g/mol. The van der Waals surface area contributed by atoms with E-state index in [0.29, 0.717) is 5.15 Å². The fourth-order valence-corrected chi connectivity index (χ4v) is 2.70. The first-order valence-electron chi connectivity index (χ1n) is 3.31. The van der Waals surface area contributed by atoms with Crippen LogP contribution < -0.4 is 0 Å². The van der Waals surface area contributed by atoms with Crippen molar-refractivity contribution in [3.05, 3.63) is 22.2 Å². The number of hydrogen-bond donors (Lipinski definition) is 0. The number of aryl methyl sites for hydroxylation is 1. The Labute approximate surface area is 83.2 Å². The van der Waals surface area contributed by atoms with Gasteiger partial charge in [0.15, 0.2) is 5.15 Å². The molecule has 0 amide bonds. The normalized spacial score (nSPS) is 10.5. The number of thiophene rings is 1. The summed E-state index contributed by atoms with van der Waals surface area (Å²) < 4.78 is 8.04. The Morgan fingerprint density at radius 3 is 2.75 bits per heavy atom. The van der Waals surface area contributed by atoms with Gasteiger partial charge in [0.1, 0.15) is 5.69 Å². The number of hydrogen-bond acceptors (Lipinski definition) is 4. The van der Waals surface area contributed by atoms with E-state index in [1.54, 1.807) is 11.3 Å². The van der Waals surface area contributed by atoms with Crippen molar-refractivity contribution in [3.8, 4) is 10.6 Å². The van der Waals surface area contributed by atoms with E-state index >= 15 is 0 Å². The van der Waals surface area contributed by atoms with Crippen LogP contribution in [0.1, 0.15) is 5.56 Å². The number of rotatable bonds is 1. The predicted octanol–water partition coefficient (Wildman–Crippen LogP) is 3.23. The molecule has 0 fully saturated rings. The molecular weight excluding hydrogens is 212 g/mol. The SMILES string of the molecule is Cc1ccsc1-c1nsnc1Cl. The van der Waals surface area contributed by atoms with Crippen molar-refractivity contribution in [1.29, 1.82) is 0 Å². The van der Waals surface area contributed by atoms with Gasteiger partial charge in [-0.2, -0.15) is 8.75 Å². The van der Waals surface area contributed by atoms with Gasteiger partial charge in [-0.1, -0.05) is 11.6 Å². The molecule has 2 aromatic rings. The van der Waals surface area contributed by atoms with Gasteiger partial charge in [-0.15, -0.1) is 11.3 Å². The molecule has 0 N–H and O–H groups in total. The first kappa shape index (κ1) is 8.16. The molecule has 0 radical (unpaired) electrons. The van der Waals surface area contributed by atoms with Crippen molar-refractivity contribution in [2.75, 3.05) is 0 Å². The minimum Gasteiger partial charge on any atom is -0.170 e. The molecule has 0 unspecified atom stereocenters. The number of aromatic nitrogens is 2. The standard InChI is InChI=1S/C7H5ClN2S2/c1-4-2-3-11-6(4)5-7(8)10-12-9-5/h2-3H,1H3. The van der Waals surface area contributed by atoms with Crippen molar-refractivity contribution in [1.82, 2.24) is 8.75 Å². The van der Waals surface area contributed by atoms with E-state index in [9.17, 15) is 0 Å². The summed E-state index contributed by atoms with van der Waals surface area (Å²) >= 11 is 8.64. The van der Waals surface area contributed by atoms with Gasteiger partial charge in [0, 0.05) is 0 Å². The summed E-state index contributed by atoms with van der Waals surface area (Å²) in [5.74, 6) is 0. The zero-order valence-corrected chi connectivity index (χ0v) is 8.63. The Balaban J connectivity index is 2.57. The van der Waals surface area contributed by atoms with Crippen LogP contribution in [0.5, 0.6) is 0 Å². The zero-order chi connectivity index (χ0) is 8.55. The highest BCUT2D eigenvalue weighted by Gasteiger charge is 2.11. The Kier molecular flexibility index (Phi) is 2.12. The third-order valence-corrected chi connectivity index (χ3v) is 3.44. The molecule has 0 aliphatic carbocycles. The molecule has 0 aromatic carbocycles. The lowest BCUT2D eigenvalue weighted by molar-refractivity contribution is 1.47. The lowest BCUT2D eigenvalue weighted by atomic mass is 10.2. The van der Waals surface area contributed by atoms with Crippen LogP contribution in [0.15, 0.2) is 11.4 Å². The van der Waals surface area contributed by atoms with Gasteiger partial charge in [0.05, 0.1) is 16.6 Å². The second-order valence-corrected chi connectivity index (χ2v) is 4.14. The molecule has 0 atom stereocenters. The summed E-state index contributed by atoms with van der Waals surface area (Å²) in [6.45, 7) is 2.04. The van der Waals surface area contributed by atoms with Crippen LogP contribution in [0.25, 0.3) is 10.6 Å². The van der Waals surface area contributed by atoms with Crippen molar-refractivity contribution in [2.24, 2.45) is 0 Å². The van der Waals surface area contributed by atoms with Gasteiger partial charge in [0.25, 0.3) is 0 Å². The van der Waals surface area contributed by atoms with Gasteiger partial charge in [0.2, 0.25) is 0 Å². The maximum absolute atomic E-state index is 5.85. The van der Waals surface area contributed by atoms with Crippen LogP contribution in [0.2, 0.25) is 5.15 Å². The van der Waals surface area contributed by atoms with Crippen LogP contribution in [0.3, 0.4) is 0 Å². The van der Waals surface area contributed by atoms with E-state index in [2.05, 4.69) is 14.8 Å². The molecular formula is C7H5ClN2S2. The molecule has 0 spiro atoms. The highest BCUT2D eigenvalue weighted by atomic mass is 35.5. The Hall–Kier alpha value is -0.450. The van der Waals surface area contributed by atoms with Gasteiger partial charge < -0.3 is 0 Å². The molecule has 0 aliphatic heterocycles. The molecule has 2 aromatic heterocycles. The number of nitrogens with zero attached hydrogens (tertiary/aromatic N) is 2. The second-order valence-electron chi connectivity index (χ2n) is 2.34. The smallest absolute Gasteiger partial charge is 0.170 e. The fourth-order valence-electron chi connectivity index (χ4n) is 0.928. The summed E-state index contributed by atoms with van der Waals surface area (Å²) in [4.78, 5) is 1.12. The number of halogens is 1. The first-order valence-corrected chi connectivity index (χ1v) is 5.30. The quantitative estimate of drug-likeness (QED) is 0.732. The van der Waals surface area contributed by atoms with E-state index in [-0.39, 0.29) is 0 Å². The van der Waals surface area contributed by atoms with Crippen molar-refractivity contribution < 1.29 is 0 Å². The zero-order valence-electron chi connectivity index (χ0n) is 6.24. The third kappa shape index (κ3) is 1.26. The van der Waals surface area contributed by atoms with E-state index in [0.717, 1.165) is 22.3 Å². The summed E-state index contributed by atoms with van der Waals surface area (Å²) in [5.41, 5.74) is 2.02. The third-order valence-electron chi connectivity index (χ3n) is 1.53. The van der Waals surface area contributed by atoms with Crippen molar-refractivity contribution in [2.45, 2.75) is 6.92 Å². The van der Waals surface area contributed by atoms with Crippen LogP contribution in [0.4, 0.5) is 0 Å². The minimum absolute atomic E-state index is 0.505. The molecule has 2 nitrogen and oxygen atoms in total. The molecule has 5 heteroatoms. The summed E-state index contributed by atoms with van der Waals surface area (Å²) in [7, 11) is 0. The highest BCUT2D eigenvalue weighted by Crippen LogP contribution is 2.32. The van der Waals surface area contributed by atoms with Crippen LogP contribution in [-0.2, 0) is 0 Å². The Bertz CT molecular complexity index is 355. The fraction of sp³-hybridized carbons (Fsp3) is 0.143. The maximum Gasteiger partial charge on any atom is 0.171 e. The van der Waals surface area contributed by atoms with Gasteiger partial charge in [-0.3, -0.25) is 0 Å². The maximum atomic E-state index is 5.85. The Morgan fingerprint density at radius 1 is 1.42 bits per heavy atom. The van der Waals surface area contributed by atoms with Crippen LogP contribution >= 0.6 is 34.7 Å². The Morgan fingerprint density at radius 2 is 2.25 bits per heavy atom. The van der Waals surface area contributed by atoms with Crippen LogP contribution in [-0.4, -0.2) is 8.75 Å². The topological polar surface area (TPSA) is 25.8 Å². The molecule has 0 bridgehead atoms. The average Bonchev–Trinajstić information content (AvgIpc) is 2.59. The van der Waals surface area contributed by atoms with E-state index in [1.807, 2.05) is 12.3 Å². The molecule has 62 valence electrons. The van der Waals surface area contributed by atoms with Crippen molar-refractivity contribution in [3.63, 3.8) is 0 Å². The summed E-state index contributed by atoms with van der Waals surface area (Å²) in [5, 5.41) is 2.53. The van der Waals surface area contributed by atoms with Crippen LogP contribution in [0, 0.1) is 6.92 Å². The molecule has 2 heterocycles. The average molecular weight is 217 g/mol. The second kappa shape index (κ2) is 3.12. The molecule has 0 aliphatic rings. The van der Waals surface area contributed by atoms with E-state index in [1.165, 1.54) is 5.56 Å². The lowest BCUT2D eigenvalue weighted by Crippen LogP contribution is -1.75. The molecule has 0 saturated carbocycles. The van der Waals surface area contributed by atoms with Gasteiger partial charge >= 0.3 is 0 Å². The molecule has 12 heavy (non-hydrogen) atoms.